The molecule has 1 atom stereocenters. The Kier molecular flexibility index (Phi) is 8.64. The van der Waals surface area contributed by atoms with Gasteiger partial charge in [-0.1, -0.05) is 18.2 Å². The number of amides is 1. The Balaban J connectivity index is 1.36. The Bertz CT molecular complexity index is 1240. The minimum Gasteiger partial charge on any atom is -0.494 e. The Morgan fingerprint density at radius 3 is 2.58 bits per heavy atom. The van der Waals surface area contributed by atoms with Crippen LogP contribution in [0, 0.1) is 0 Å². The first kappa shape index (κ1) is 25.3. The number of aryl methyl sites for hydroxylation is 1. The number of morpholine rings is 1. The summed E-state index contributed by atoms with van der Waals surface area (Å²) < 4.78 is 17.3. The van der Waals surface area contributed by atoms with E-state index < -0.39 is 12.0 Å². The molecule has 1 aliphatic rings. The zero-order chi connectivity index (χ0) is 25.3. The molecular weight excluding hydrogens is 464 g/mol. The van der Waals surface area contributed by atoms with Gasteiger partial charge in [-0.25, -0.2) is 4.98 Å². The fraction of sp³-hybridized carbons (Fsp3) is 0.385. The normalized spacial score (nSPS) is 14.9. The van der Waals surface area contributed by atoms with Crippen molar-refractivity contribution in [2.45, 2.75) is 25.5 Å². The fourth-order valence-corrected chi connectivity index (χ4v) is 4.14. The number of nitrogens with zero attached hydrogens (tertiary/aromatic N) is 3. The maximum Gasteiger partial charge on any atom is 0.293 e. The minimum absolute atomic E-state index is 0.0842. The van der Waals surface area contributed by atoms with E-state index in [-0.39, 0.29) is 25.0 Å². The van der Waals surface area contributed by atoms with Gasteiger partial charge in [-0.15, -0.1) is 0 Å². The van der Waals surface area contributed by atoms with Gasteiger partial charge in [0.05, 0.1) is 37.1 Å². The van der Waals surface area contributed by atoms with Crippen molar-refractivity contribution in [3.05, 3.63) is 59.1 Å². The topological polar surface area (TPSA) is 126 Å². The second-order valence-electron chi connectivity index (χ2n) is 8.57. The lowest BCUT2D eigenvalue weighted by atomic mass is 10.0. The Labute approximate surface area is 208 Å². The van der Waals surface area contributed by atoms with Gasteiger partial charge in [-0.05, 0) is 41.8 Å². The van der Waals surface area contributed by atoms with Crippen LogP contribution in [0.5, 0.6) is 5.75 Å². The number of hydrogen-bond acceptors (Lipinski definition) is 8. The monoisotopic (exact) mass is 494 g/mol. The average Bonchev–Trinajstić information content (AvgIpc) is 2.90. The Morgan fingerprint density at radius 1 is 1.11 bits per heavy atom. The largest absolute Gasteiger partial charge is 0.494 e. The zero-order valence-corrected chi connectivity index (χ0v) is 20.0. The highest BCUT2D eigenvalue weighted by atomic mass is 16.5. The molecule has 2 N–H and O–H groups in total. The van der Waals surface area contributed by atoms with Crippen LogP contribution in [0.25, 0.3) is 22.0 Å². The molecule has 1 unspecified atom stereocenters. The lowest BCUT2D eigenvalue weighted by Gasteiger charge is -2.26. The third kappa shape index (κ3) is 6.46. The van der Waals surface area contributed by atoms with Gasteiger partial charge in [-0.2, -0.15) is 0 Å². The van der Waals surface area contributed by atoms with Crippen molar-refractivity contribution in [2.75, 3.05) is 39.5 Å². The number of aromatic nitrogens is 2. The summed E-state index contributed by atoms with van der Waals surface area (Å²) in [5.74, 6) is 0.0494. The lowest BCUT2D eigenvalue weighted by Crippen LogP contribution is -2.37. The van der Waals surface area contributed by atoms with Crippen molar-refractivity contribution in [1.82, 2.24) is 14.5 Å². The minimum atomic E-state index is -1.09. The quantitative estimate of drug-likeness (QED) is 0.297. The molecule has 0 spiro atoms. The van der Waals surface area contributed by atoms with E-state index in [0.717, 1.165) is 56.1 Å². The molecule has 1 aromatic heterocycles. The molecule has 10 nitrogen and oxygen atoms in total. The second-order valence-corrected chi connectivity index (χ2v) is 8.57. The number of carbonyl (C=O) groups excluding carboxylic acids is 2. The number of hydrogen-bond donors (Lipinski definition) is 1. The van der Waals surface area contributed by atoms with Gasteiger partial charge < -0.3 is 19.9 Å². The van der Waals surface area contributed by atoms with Crippen LogP contribution >= 0.6 is 0 Å². The summed E-state index contributed by atoms with van der Waals surface area (Å²) >= 11 is 0. The first-order valence-corrected chi connectivity index (χ1v) is 12.0. The molecule has 36 heavy (non-hydrogen) atoms. The molecule has 0 bridgehead atoms. The summed E-state index contributed by atoms with van der Waals surface area (Å²) in [7, 11) is 0. The van der Waals surface area contributed by atoms with Crippen molar-refractivity contribution in [1.29, 1.82) is 0 Å². The van der Waals surface area contributed by atoms with Crippen molar-refractivity contribution in [3.63, 3.8) is 0 Å². The molecule has 190 valence electrons. The van der Waals surface area contributed by atoms with Crippen LogP contribution in [0.1, 0.15) is 12.8 Å². The van der Waals surface area contributed by atoms with Gasteiger partial charge in [0.15, 0.2) is 6.10 Å². The number of nitrogens with two attached hydrogens (primary N) is 1. The van der Waals surface area contributed by atoms with Crippen molar-refractivity contribution < 1.29 is 23.8 Å². The predicted molar refractivity (Wildman–Crippen MR) is 134 cm³/mol. The summed E-state index contributed by atoms with van der Waals surface area (Å²) in [4.78, 5) is 41.5. The highest BCUT2D eigenvalue weighted by Gasteiger charge is 2.17. The molecule has 1 saturated heterocycles. The second kappa shape index (κ2) is 12.3. The number of primary amides is 1. The number of fused-ring (bicyclic) bond motifs is 1. The maximum atomic E-state index is 12.9. The molecule has 3 aromatic rings. The van der Waals surface area contributed by atoms with Gasteiger partial charge in [0, 0.05) is 32.6 Å². The number of rotatable bonds is 12. The van der Waals surface area contributed by atoms with Crippen LogP contribution in [-0.2, 0) is 25.6 Å². The molecule has 1 fully saturated rings. The van der Waals surface area contributed by atoms with Gasteiger partial charge >= 0.3 is 0 Å². The molecule has 0 radical (unpaired) electrons. The summed E-state index contributed by atoms with van der Waals surface area (Å²) in [5, 5.41) is 0.452. The maximum absolute atomic E-state index is 12.9. The molecule has 2 heterocycles. The molecule has 10 heteroatoms. The van der Waals surface area contributed by atoms with Crippen molar-refractivity contribution in [2.24, 2.45) is 5.73 Å². The Hall–Kier alpha value is -3.76. The molecular formula is C26H30N4O6. The summed E-state index contributed by atoms with van der Waals surface area (Å²) in [6.07, 6.45) is 1.37. The Morgan fingerprint density at radius 2 is 1.86 bits per heavy atom. The van der Waals surface area contributed by atoms with Gasteiger partial charge in [-0.3, -0.25) is 23.9 Å². The molecule has 0 aliphatic carbocycles. The fourth-order valence-electron chi connectivity index (χ4n) is 4.14. The molecule has 2 aromatic carbocycles. The lowest BCUT2D eigenvalue weighted by molar-refractivity contribution is -0.143. The average molecular weight is 495 g/mol. The van der Waals surface area contributed by atoms with E-state index in [0.29, 0.717) is 17.5 Å². The van der Waals surface area contributed by atoms with E-state index in [1.54, 1.807) is 6.07 Å². The first-order valence-electron chi connectivity index (χ1n) is 12.0. The van der Waals surface area contributed by atoms with Crippen LogP contribution in [0.3, 0.4) is 0 Å². The summed E-state index contributed by atoms with van der Waals surface area (Å²) in [6, 6.07) is 13.3. The predicted octanol–water partition coefficient (Wildman–Crippen LogP) is 1.58. The van der Waals surface area contributed by atoms with Crippen LogP contribution < -0.4 is 16.0 Å². The van der Waals surface area contributed by atoms with Crippen LogP contribution in [0.2, 0.25) is 0 Å². The summed E-state index contributed by atoms with van der Waals surface area (Å²) in [6.45, 7) is 5.54. The molecule has 4 rings (SSSR count). The number of ether oxygens (including phenoxy) is 3. The third-order valence-corrected chi connectivity index (χ3v) is 6.17. The molecule has 1 aliphatic heterocycles. The van der Waals surface area contributed by atoms with E-state index in [1.807, 2.05) is 36.4 Å². The van der Waals surface area contributed by atoms with Crippen LogP contribution in [-0.4, -0.2) is 72.4 Å². The number of carbonyl (C=O) groups is 2. The highest BCUT2D eigenvalue weighted by molar-refractivity contribution is 5.83. The van der Waals surface area contributed by atoms with E-state index >= 15 is 0 Å². The van der Waals surface area contributed by atoms with E-state index in [1.165, 1.54) is 10.9 Å². The first-order chi connectivity index (χ1) is 17.5. The van der Waals surface area contributed by atoms with E-state index in [4.69, 9.17) is 15.2 Å². The van der Waals surface area contributed by atoms with Gasteiger partial charge in [0.2, 0.25) is 0 Å². The SMILES string of the molecule is NC(=O)C(CCn1cnc2cc(-c3ccc(OCCCN4CCOCC4)cc3)ccc2c1=O)OC=O. The van der Waals surface area contributed by atoms with Crippen molar-refractivity contribution in [3.8, 4) is 16.9 Å². The van der Waals surface area contributed by atoms with Gasteiger partial charge in [0.1, 0.15) is 5.75 Å². The smallest absolute Gasteiger partial charge is 0.293 e. The standard InChI is InChI=1S/C26H30N4O6/c27-25(32)24(36-18-31)8-10-30-17-28-23-16-20(4-7-22(23)26(30)33)19-2-5-21(6-3-19)35-13-1-9-29-11-14-34-15-12-29/h2-7,16-18,24H,1,8-15H2,(H2,27,32). The van der Waals surface area contributed by atoms with Crippen LogP contribution in [0.15, 0.2) is 53.6 Å². The van der Waals surface area contributed by atoms with E-state index in [9.17, 15) is 14.4 Å². The number of benzene rings is 2. The molecule has 1 amide bonds. The van der Waals surface area contributed by atoms with Crippen molar-refractivity contribution >= 4 is 23.3 Å². The van der Waals surface area contributed by atoms with Gasteiger partial charge in [0.25, 0.3) is 17.9 Å². The highest BCUT2D eigenvalue weighted by Crippen LogP contribution is 2.24. The van der Waals surface area contributed by atoms with Crippen LogP contribution in [0.4, 0.5) is 0 Å². The molecule has 0 saturated carbocycles. The van der Waals surface area contributed by atoms with E-state index in [2.05, 4.69) is 14.6 Å². The summed E-state index contributed by atoms with van der Waals surface area (Å²) in [5.41, 5.74) is 7.45. The zero-order valence-electron chi connectivity index (χ0n) is 20.0. The third-order valence-electron chi connectivity index (χ3n) is 6.17.